The minimum atomic E-state index is -0.557. The van der Waals surface area contributed by atoms with Crippen molar-refractivity contribution in [3.8, 4) is 29.1 Å². The fourth-order valence-corrected chi connectivity index (χ4v) is 4.26. The van der Waals surface area contributed by atoms with Crippen LogP contribution in [0.5, 0.6) is 23.0 Å². The van der Waals surface area contributed by atoms with Crippen LogP contribution in [0, 0.1) is 17.1 Å². The van der Waals surface area contributed by atoms with Crippen LogP contribution in [0.4, 0.5) is 4.39 Å². The molecule has 0 bridgehead atoms. The average Bonchev–Trinajstić information content (AvgIpc) is 2.96. The quantitative estimate of drug-likeness (QED) is 0.240. The fraction of sp³-hybridized carbons (Fsp3) is 0.0968. The Morgan fingerprint density at radius 1 is 0.974 bits per heavy atom. The highest BCUT2D eigenvalue weighted by atomic mass is 19.1. The van der Waals surface area contributed by atoms with Crippen LogP contribution >= 0.6 is 0 Å². The Labute approximate surface area is 224 Å². The summed E-state index contributed by atoms with van der Waals surface area (Å²) in [5.74, 6) is 0.417. The van der Waals surface area contributed by atoms with Crippen molar-refractivity contribution < 1.29 is 28.1 Å². The van der Waals surface area contributed by atoms with E-state index < -0.39 is 11.9 Å². The van der Waals surface area contributed by atoms with Gasteiger partial charge in [-0.1, -0.05) is 36.4 Å². The zero-order valence-electron chi connectivity index (χ0n) is 20.9. The number of methoxy groups -OCH3 is 1. The number of allylic oxidation sites excluding steroid dienone is 1. The van der Waals surface area contributed by atoms with Crippen molar-refractivity contribution in [1.29, 1.82) is 5.26 Å². The average molecular weight is 523 g/mol. The van der Waals surface area contributed by atoms with Crippen molar-refractivity contribution in [3.63, 3.8) is 0 Å². The van der Waals surface area contributed by atoms with Crippen LogP contribution < -0.4 is 24.7 Å². The van der Waals surface area contributed by atoms with Crippen molar-refractivity contribution in [3.05, 3.63) is 131 Å². The number of carbonyl (C=O) groups is 1. The van der Waals surface area contributed by atoms with E-state index in [2.05, 4.69) is 6.07 Å². The van der Waals surface area contributed by atoms with Gasteiger partial charge in [0, 0.05) is 11.6 Å². The van der Waals surface area contributed by atoms with E-state index in [-0.39, 0.29) is 29.6 Å². The van der Waals surface area contributed by atoms with Crippen LogP contribution in [-0.2, 0) is 6.61 Å². The number of hydrogen-bond donors (Lipinski definition) is 1. The summed E-state index contributed by atoms with van der Waals surface area (Å²) in [5, 5.41) is 9.85. The summed E-state index contributed by atoms with van der Waals surface area (Å²) in [6.45, 7) is 0.285. The number of carbonyl (C=O) groups excluding carboxylic acids is 1. The summed E-state index contributed by atoms with van der Waals surface area (Å²) in [6.07, 6.45) is 0. The molecular weight excluding hydrogens is 499 g/mol. The van der Waals surface area contributed by atoms with Crippen LogP contribution in [0.25, 0.3) is 0 Å². The molecule has 1 aliphatic rings. The molecule has 0 aromatic heterocycles. The van der Waals surface area contributed by atoms with E-state index in [0.717, 1.165) is 11.1 Å². The van der Waals surface area contributed by atoms with Gasteiger partial charge in [-0.2, -0.15) is 5.26 Å². The topological polar surface area (TPSA) is 104 Å². The summed E-state index contributed by atoms with van der Waals surface area (Å²) in [6, 6.07) is 27.1. The number of nitriles is 1. The maximum absolute atomic E-state index is 13.1. The van der Waals surface area contributed by atoms with Crippen molar-refractivity contribution in [2.24, 2.45) is 5.73 Å². The molecule has 1 atom stereocenters. The Hall–Kier alpha value is -5.29. The van der Waals surface area contributed by atoms with E-state index in [4.69, 9.17) is 24.7 Å². The van der Waals surface area contributed by atoms with Gasteiger partial charge in [-0.15, -0.1) is 0 Å². The number of benzene rings is 4. The van der Waals surface area contributed by atoms with E-state index in [9.17, 15) is 14.4 Å². The van der Waals surface area contributed by atoms with Gasteiger partial charge in [0.2, 0.25) is 5.88 Å². The summed E-state index contributed by atoms with van der Waals surface area (Å²) < 4.78 is 35.4. The molecule has 1 heterocycles. The first-order chi connectivity index (χ1) is 18.9. The lowest BCUT2D eigenvalue weighted by molar-refractivity contribution is 0.0734. The van der Waals surface area contributed by atoms with Gasteiger partial charge in [0.15, 0.2) is 0 Å². The standard InChI is InChI=1S/C31H23FN2O5/c1-36-24-4-2-3-21(15-24)31(35)38-25-13-14-26-28(16-25)39-30(34)27(17-33)29(26)20-7-11-23(12-8-20)37-18-19-5-9-22(32)10-6-19/h2-16,29H,18,34H2,1H3. The molecule has 4 aromatic carbocycles. The largest absolute Gasteiger partial charge is 0.497 e. The minimum Gasteiger partial charge on any atom is -0.497 e. The predicted molar refractivity (Wildman–Crippen MR) is 141 cm³/mol. The summed E-state index contributed by atoms with van der Waals surface area (Å²) in [5.41, 5.74) is 9.05. The number of rotatable bonds is 7. The number of ether oxygens (including phenoxy) is 4. The normalized spacial score (nSPS) is 14.0. The molecule has 194 valence electrons. The SMILES string of the molecule is COc1cccc(C(=O)Oc2ccc3c(c2)OC(N)=C(C#N)C3c2ccc(OCc3ccc(F)cc3)cc2)c1. The molecule has 0 saturated heterocycles. The van der Waals surface area contributed by atoms with Crippen LogP contribution in [0.2, 0.25) is 0 Å². The summed E-state index contributed by atoms with van der Waals surface area (Å²) >= 11 is 0. The molecule has 7 nitrogen and oxygen atoms in total. The highest BCUT2D eigenvalue weighted by Gasteiger charge is 2.31. The van der Waals surface area contributed by atoms with E-state index in [1.54, 1.807) is 66.7 Å². The predicted octanol–water partition coefficient (Wildman–Crippen LogP) is 5.85. The minimum absolute atomic E-state index is 0.0251. The second-order valence-electron chi connectivity index (χ2n) is 8.73. The van der Waals surface area contributed by atoms with Crippen LogP contribution in [0.15, 0.2) is 102 Å². The Morgan fingerprint density at radius 3 is 2.44 bits per heavy atom. The molecule has 8 heteroatoms. The zero-order chi connectivity index (χ0) is 27.4. The van der Waals surface area contributed by atoms with E-state index in [1.807, 2.05) is 12.1 Å². The molecule has 39 heavy (non-hydrogen) atoms. The molecule has 2 N–H and O–H groups in total. The Balaban J connectivity index is 1.37. The molecule has 0 aliphatic carbocycles. The number of nitrogens with two attached hydrogens (primary N) is 1. The van der Waals surface area contributed by atoms with Crippen molar-refractivity contribution in [2.45, 2.75) is 12.5 Å². The highest BCUT2D eigenvalue weighted by molar-refractivity contribution is 5.91. The van der Waals surface area contributed by atoms with Crippen LogP contribution in [0.1, 0.15) is 33.0 Å². The first-order valence-corrected chi connectivity index (χ1v) is 12.0. The number of esters is 1. The second-order valence-corrected chi connectivity index (χ2v) is 8.73. The van der Waals surface area contributed by atoms with Gasteiger partial charge in [0.05, 0.1) is 18.6 Å². The number of fused-ring (bicyclic) bond motifs is 1. The lowest BCUT2D eigenvalue weighted by atomic mass is 9.83. The number of halogens is 1. The summed E-state index contributed by atoms with van der Waals surface area (Å²) in [4.78, 5) is 12.7. The highest BCUT2D eigenvalue weighted by Crippen LogP contribution is 2.43. The fourth-order valence-electron chi connectivity index (χ4n) is 4.26. The Bertz CT molecular complexity index is 1590. The first-order valence-electron chi connectivity index (χ1n) is 12.0. The maximum atomic E-state index is 13.1. The van der Waals surface area contributed by atoms with Crippen LogP contribution in [-0.4, -0.2) is 13.1 Å². The van der Waals surface area contributed by atoms with Gasteiger partial charge in [-0.3, -0.25) is 0 Å². The molecule has 1 unspecified atom stereocenters. The zero-order valence-corrected chi connectivity index (χ0v) is 20.9. The monoisotopic (exact) mass is 522 g/mol. The van der Waals surface area contributed by atoms with E-state index in [1.165, 1.54) is 19.2 Å². The molecule has 5 rings (SSSR count). The Kier molecular flexibility index (Phi) is 7.15. The van der Waals surface area contributed by atoms with Crippen LogP contribution in [0.3, 0.4) is 0 Å². The van der Waals surface area contributed by atoms with Gasteiger partial charge in [0.1, 0.15) is 47.1 Å². The molecule has 0 spiro atoms. The van der Waals surface area contributed by atoms with Crippen molar-refractivity contribution >= 4 is 5.97 Å². The van der Waals surface area contributed by atoms with Crippen molar-refractivity contribution in [1.82, 2.24) is 0 Å². The smallest absolute Gasteiger partial charge is 0.343 e. The van der Waals surface area contributed by atoms with E-state index in [0.29, 0.717) is 28.4 Å². The molecule has 4 aromatic rings. The molecule has 0 saturated carbocycles. The number of nitrogens with zero attached hydrogens (tertiary/aromatic N) is 1. The lowest BCUT2D eigenvalue weighted by Gasteiger charge is -2.26. The van der Waals surface area contributed by atoms with Gasteiger partial charge in [-0.05, 0) is 59.7 Å². The third kappa shape index (κ3) is 5.53. The third-order valence-electron chi connectivity index (χ3n) is 6.24. The lowest BCUT2D eigenvalue weighted by Crippen LogP contribution is -2.21. The molecule has 1 aliphatic heterocycles. The van der Waals surface area contributed by atoms with Gasteiger partial charge in [-0.25, -0.2) is 9.18 Å². The first kappa shape index (κ1) is 25.4. The van der Waals surface area contributed by atoms with E-state index >= 15 is 0 Å². The van der Waals surface area contributed by atoms with Gasteiger partial charge in [0.25, 0.3) is 0 Å². The molecule has 0 radical (unpaired) electrons. The molecule has 0 fully saturated rings. The van der Waals surface area contributed by atoms with Crippen molar-refractivity contribution in [2.75, 3.05) is 7.11 Å². The summed E-state index contributed by atoms with van der Waals surface area (Å²) in [7, 11) is 1.52. The number of hydrogen-bond acceptors (Lipinski definition) is 7. The molecule has 0 amide bonds. The van der Waals surface area contributed by atoms with Gasteiger partial charge >= 0.3 is 5.97 Å². The maximum Gasteiger partial charge on any atom is 0.343 e. The van der Waals surface area contributed by atoms with Gasteiger partial charge < -0.3 is 24.7 Å². The Morgan fingerprint density at radius 2 is 1.72 bits per heavy atom. The second kappa shape index (κ2) is 11.0. The third-order valence-corrected chi connectivity index (χ3v) is 6.24. The molecular formula is C31H23FN2O5.